The molecule has 1 atom stereocenters. The Morgan fingerprint density at radius 2 is 2.20 bits per heavy atom. The molecule has 0 aromatic carbocycles. The number of amides is 1. The van der Waals surface area contributed by atoms with Gasteiger partial charge in [-0.05, 0) is 37.1 Å². The number of halogens is 2. The van der Waals surface area contributed by atoms with Gasteiger partial charge in [0.25, 0.3) is 5.91 Å². The van der Waals surface area contributed by atoms with E-state index in [1.807, 2.05) is 18.3 Å². The maximum Gasteiger partial charge on any atom is 0.274 e. The largest absolute Gasteiger partial charge is 0.363 e. The molecule has 1 saturated heterocycles. The minimum absolute atomic E-state index is 0.0503. The summed E-state index contributed by atoms with van der Waals surface area (Å²) >= 11 is 11.9. The second-order valence-electron chi connectivity index (χ2n) is 4.75. The summed E-state index contributed by atoms with van der Waals surface area (Å²) < 4.78 is 0. The number of aromatic nitrogens is 2. The number of carbonyl (C=O) groups excluding carboxylic acids is 1. The third kappa shape index (κ3) is 2.41. The van der Waals surface area contributed by atoms with Gasteiger partial charge in [0, 0.05) is 18.4 Å². The molecule has 3 rings (SSSR count). The fourth-order valence-electron chi connectivity index (χ4n) is 2.59. The Morgan fingerprint density at radius 3 is 2.95 bits per heavy atom. The highest BCUT2D eigenvalue weighted by Gasteiger charge is 2.32. The van der Waals surface area contributed by atoms with Crippen LogP contribution in [0.3, 0.4) is 0 Å². The first-order chi connectivity index (χ1) is 9.66. The van der Waals surface area contributed by atoms with E-state index < -0.39 is 0 Å². The number of carbonyl (C=O) groups is 1. The van der Waals surface area contributed by atoms with Crippen molar-refractivity contribution in [3.63, 3.8) is 0 Å². The number of pyridine rings is 1. The van der Waals surface area contributed by atoms with Crippen LogP contribution >= 0.6 is 23.2 Å². The lowest BCUT2D eigenvalue weighted by molar-refractivity contribution is 0.0727. The summed E-state index contributed by atoms with van der Waals surface area (Å²) in [4.78, 5) is 21.7. The van der Waals surface area contributed by atoms with Gasteiger partial charge in [-0.2, -0.15) is 0 Å². The summed E-state index contributed by atoms with van der Waals surface area (Å²) in [5.74, 6) is -0.172. The summed E-state index contributed by atoms with van der Waals surface area (Å²) in [6.45, 7) is 0.701. The monoisotopic (exact) mass is 309 g/mol. The van der Waals surface area contributed by atoms with E-state index in [-0.39, 0.29) is 22.8 Å². The molecule has 0 saturated carbocycles. The minimum Gasteiger partial charge on any atom is -0.363 e. The average molecular weight is 310 g/mol. The maximum atomic E-state index is 12.6. The Bertz CT molecular complexity index is 627. The van der Waals surface area contributed by atoms with Crippen LogP contribution in [0.25, 0.3) is 0 Å². The molecule has 104 valence electrons. The first kappa shape index (κ1) is 13.5. The van der Waals surface area contributed by atoms with Crippen molar-refractivity contribution in [2.24, 2.45) is 0 Å². The van der Waals surface area contributed by atoms with Crippen LogP contribution in [0.4, 0.5) is 0 Å². The average Bonchev–Trinajstić information content (AvgIpc) is 3.10. The van der Waals surface area contributed by atoms with Crippen LogP contribution in [0.2, 0.25) is 10.2 Å². The van der Waals surface area contributed by atoms with Crippen LogP contribution in [0.5, 0.6) is 0 Å². The van der Waals surface area contributed by atoms with Gasteiger partial charge >= 0.3 is 0 Å². The molecule has 1 amide bonds. The van der Waals surface area contributed by atoms with Crippen molar-refractivity contribution in [1.29, 1.82) is 0 Å². The number of aromatic amines is 1. The van der Waals surface area contributed by atoms with E-state index in [9.17, 15) is 4.79 Å². The molecule has 0 spiro atoms. The molecule has 20 heavy (non-hydrogen) atoms. The first-order valence-electron chi connectivity index (χ1n) is 6.43. The lowest BCUT2D eigenvalue weighted by Gasteiger charge is -2.24. The smallest absolute Gasteiger partial charge is 0.274 e. The van der Waals surface area contributed by atoms with Gasteiger partial charge in [0.15, 0.2) is 0 Å². The van der Waals surface area contributed by atoms with Crippen molar-refractivity contribution in [1.82, 2.24) is 14.9 Å². The predicted molar refractivity (Wildman–Crippen MR) is 78.1 cm³/mol. The normalized spacial score (nSPS) is 18.5. The number of rotatable bonds is 2. The number of hydrogen-bond acceptors (Lipinski definition) is 2. The van der Waals surface area contributed by atoms with Crippen molar-refractivity contribution in [2.75, 3.05) is 6.54 Å². The molecule has 1 aliphatic rings. The van der Waals surface area contributed by atoms with Gasteiger partial charge in [-0.1, -0.05) is 23.2 Å². The number of nitrogens with zero attached hydrogens (tertiary/aromatic N) is 2. The van der Waals surface area contributed by atoms with Gasteiger partial charge in [0.1, 0.15) is 10.8 Å². The third-order valence-electron chi connectivity index (χ3n) is 3.51. The van der Waals surface area contributed by atoms with E-state index in [1.165, 1.54) is 0 Å². The zero-order chi connectivity index (χ0) is 14.1. The number of likely N-dealkylation sites (tertiary alicyclic amines) is 1. The van der Waals surface area contributed by atoms with Crippen molar-refractivity contribution < 1.29 is 4.79 Å². The quantitative estimate of drug-likeness (QED) is 0.860. The van der Waals surface area contributed by atoms with E-state index in [1.54, 1.807) is 17.0 Å². The van der Waals surface area contributed by atoms with Crippen LogP contribution in [-0.4, -0.2) is 27.3 Å². The highest BCUT2D eigenvalue weighted by molar-refractivity contribution is 6.34. The summed E-state index contributed by atoms with van der Waals surface area (Å²) in [5.41, 5.74) is 1.26. The number of hydrogen-bond donors (Lipinski definition) is 1. The molecular formula is C14H13Cl2N3O. The van der Waals surface area contributed by atoms with Gasteiger partial charge < -0.3 is 9.88 Å². The van der Waals surface area contributed by atoms with Gasteiger partial charge in [-0.3, -0.25) is 4.79 Å². The van der Waals surface area contributed by atoms with Crippen molar-refractivity contribution in [3.05, 3.63) is 52.0 Å². The van der Waals surface area contributed by atoms with E-state index in [0.717, 1.165) is 18.5 Å². The Morgan fingerprint density at radius 1 is 1.35 bits per heavy atom. The Labute approximate surface area is 126 Å². The maximum absolute atomic E-state index is 12.6. The molecular weight excluding hydrogens is 297 g/mol. The van der Waals surface area contributed by atoms with Crippen LogP contribution in [0, 0.1) is 0 Å². The van der Waals surface area contributed by atoms with E-state index >= 15 is 0 Å². The molecule has 4 nitrogen and oxygen atoms in total. The zero-order valence-electron chi connectivity index (χ0n) is 10.6. The topological polar surface area (TPSA) is 49.0 Å². The molecule has 0 aliphatic carbocycles. The second-order valence-corrected chi connectivity index (χ2v) is 5.54. The molecule has 2 aromatic heterocycles. The predicted octanol–water partition coefficient (Wildman–Crippen LogP) is 3.69. The van der Waals surface area contributed by atoms with Crippen LogP contribution in [0.15, 0.2) is 30.5 Å². The highest BCUT2D eigenvalue weighted by Crippen LogP contribution is 2.33. The molecule has 6 heteroatoms. The highest BCUT2D eigenvalue weighted by atomic mass is 35.5. The SMILES string of the molecule is O=C(c1nc(Cl)ccc1Cl)N1CCCC1c1ccc[nH]1. The lowest BCUT2D eigenvalue weighted by Crippen LogP contribution is -2.31. The summed E-state index contributed by atoms with van der Waals surface area (Å²) in [6.07, 6.45) is 3.76. The van der Waals surface area contributed by atoms with Crippen molar-refractivity contribution >= 4 is 29.1 Å². The molecule has 3 heterocycles. The summed E-state index contributed by atoms with van der Waals surface area (Å²) in [6, 6.07) is 7.15. The molecule has 1 N–H and O–H groups in total. The van der Waals surface area contributed by atoms with E-state index in [2.05, 4.69) is 9.97 Å². The number of H-pyrrole nitrogens is 1. The van der Waals surface area contributed by atoms with Crippen LogP contribution in [-0.2, 0) is 0 Å². The molecule has 1 unspecified atom stereocenters. The van der Waals surface area contributed by atoms with Gasteiger partial charge in [-0.15, -0.1) is 0 Å². The second kappa shape index (κ2) is 5.46. The van der Waals surface area contributed by atoms with Crippen LogP contribution < -0.4 is 0 Å². The van der Waals surface area contributed by atoms with E-state index in [0.29, 0.717) is 11.6 Å². The zero-order valence-corrected chi connectivity index (χ0v) is 12.2. The molecule has 0 radical (unpaired) electrons. The van der Waals surface area contributed by atoms with Crippen molar-refractivity contribution in [2.45, 2.75) is 18.9 Å². The standard InChI is InChI=1S/C14H13Cl2N3O/c15-9-5-6-12(16)18-13(9)14(20)19-8-2-4-11(19)10-3-1-7-17-10/h1,3,5-7,11,17H,2,4,8H2. The molecule has 1 aliphatic heterocycles. The Kier molecular flexibility index (Phi) is 3.68. The Hall–Kier alpha value is -1.52. The van der Waals surface area contributed by atoms with Crippen LogP contribution in [0.1, 0.15) is 35.1 Å². The summed E-state index contributed by atoms with van der Waals surface area (Å²) in [5, 5.41) is 0.602. The van der Waals surface area contributed by atoms with Gasteiger partial charge in [0.2, 0.25) is 0 Å². The fraction of sp³-hybridized carbons (Fsp3) is 0.286. The molecule has 1 fully saturated rings. The minimum atomic E-state index is -0.172. The third-order valence-corrected chi connectivity index (χ3v) is 4.02. The van der Waals surface area contributed by atoms with Gasteiger partial charge in [-0.25, -0.2) is 4.98 Å². The van der Waals surface area contributed by atoms with E-state index in [4.69, 9.17) is 23.2 Å². The van der Waals surface area contributed by atoms with Gasteiger partial charge in [0.05, 0.1) is 11.1 Å². The van der Waals surface area contributed by atoms with Crippen molar-refractivity contribution in [3.8, 4) is 0 Å². The lowest BCUT2D eigenvalue weighted by atomic mass is 10.1. The number of nitrogens with one attached hydrogen (secondary N) is 1. The molecule has 2 aromatic rings. The summed E-state index contributed by atoms with van der Waals surface area (Å²) in [7, 11) is 0. The molecule has 0 bridgehead atoms. The first-order valence-corrected chi connectivity index (χ1v) is 7.18. The Balaban J connectivity index is 1.91. The fourth-order valence-corrected chi connectivity index (χ4v) is 2.92.